The Hall–Kier alpha value is -3.19. The average molecular weight is 419 g/mol. The molecule has 0 aliphatic heterocycles. The SMILES string of the molecule is CCc1cnc(CNC(=NC)NCc2ccc(Cn3cnc4ccccc43)cc2)s1. The molecule has 2 aromatic heterocycles. The molecule has 0 amide bonds. The van der Waals surface area contributed by atoms with Crippen molar-refractivity contribution in [3.05, 3.63) is 82.1 Å². The van der Waals surface area contributed by atoms with Gasteiger partial charge in [-0.25, -0.2) is 9.97 Å². The third-order valence-corrected chi connectivity index (χ3v) is 6.09. The number of nitrogens with one attached hydrogen (secondary N) is 2. The monoisotopic (exact) mass is 418 g/mol. The first kappa shape index (κ1) is 20.1. The summed E-state index contributed by atoms with van der Waals surface area (Å²) in [5.74, 6) is 0.775. The summed E-state index contributed by atoms with van der Waals surface area (Å²) in [6.07, 6.45) is 4.88. The molecule has 0 atom stereocenters. The van der Waals surface area contributed by atoms with Crippen LogP contribution in [0.15, 0.2) is 66.0 Å². The van der Waals surface area contributed by atoms with Crippen molar-refractivity contribution in [2.45, 2.75) is 33.0 Å². The van der Waals surface area contributed by atoms with E-state index in [9.17, 15) is 0 Å². The third kappa shape index (κ3) is 4.86. The Bertz CT molecular complexity index is 1130. The lowest BCUT2D eigenvalue weighted by atomic mass is 10.1. The number of aromatic nitrogens is 3. The van der Waals surface area contributed by atoms with Gasteiger partial charge in [0, 0.05) is 31.2 Å². The van der Waals surface area contributed by atoms with Crippen LogP contribution in [-0.2, 0) is 26.1 Å². The number of rotatable bonds is 7. The highest BCUT2D eigenvalue weighted by Crippen LogP contribution is 2.15. The third-order valence-electron chi connectivity index (χ3n) is 4.94. The summed E-state index contributed by atoms with van der Waals surface area (Å²) in [6, 6.07) is 16.9. The number of thiazole rings is 1. The molecule has 30 heavy (non-hydrogen) atoms. The van der Waals surface area contributed by atoms with E-state index >= 15 is 0 Å². The number of para-hydroxylation sites is 2. The van der Waals surface area contributed by atoms with Gasteiger partial charge >= 0.3 is 0 Å². The molecule has 0 bridgehead atoms. The minimum Gasteiger partial charge on any atom is -0.352 e. The molecule has 154 valence electrons. The minimum atomic E-state index is 0.683. The predicted octanol–water partition coefficient (Wildman–Crippen LogP) is 3.97. The van der Waals surface area contributed by atoms with E-state index in [-0.39, 0.29) is 0 Å². The molecule has 0 unspecified atom stereocenters. The molecule has 0 radical (unpaired) electrons. The highest BCUT2D eigenvalue weighted by molar-refractivity contribution is 7.11. The second-order valence-electron chi connectivity index (χ2n) is 7.03. The van der Waals surface area contributed by atoms with Gasteiger partial charge in [-0.1, -0.05) is 43.3 Å². The van der Waals surface area contributed by atoms with E-state index < -0.39 is 0 Å². The Morgan fingerprint density at radius 1 is 1.00 bits per heavy atom. The summed E-state index contributed by atoms with van der Waals surface area (Å²) in [4.78, 5) is 14.5. The highest BCUT2D eigenvalue weighted by atomic mass is 32.1. The van der Waals surface area contributed by atoms with Crippen LogP contribution in [0, 0.1) is 0 Å². The first-order valence-corrected chi connectivity index (χ1v) is 10.9. The molecule has 0 fully saturated rings. The maximum atomic E-state index is 4.47. The lowest BCUT2D eigenvalue weighted by Crippen LogP contribution is -2.36. The van der Waals surface area contributed by atoms with Gasteiger partial charge in [-0.15, -0.1) is 11.3 Å². The second-order valence-corrected chi connectivity index (χ2v) is 8.23. The fraction of sp³-hybridized carbons (Fsp3) is 0.261. The average Bonchev–Trinajstić information content (AvgIpc) is 3.42. The highest BCUT2D eigenvalue weighted by Gasteiger charge is 2.05. The Balaban J connectivity index is 1.30. The summed E-state index contributed by atoms with van der Waals surface area (Å²) in [5.41, 5.74) is 4.64. The summed E-state index contributed by atoms with van der Waals surface area (Å²) >= 11 is 1.74. The molecule has 4 rings (SSSR count). The van der Waals surface area contributed by atoms with Gasteiger partial charge < -0.3 is 15.2 Å². The van der Waals surface area contributed by atoms with Gasteiger partial charge in [-0.3, -0.25) is 4.99 Å². The van der Waals surface area contributed by atoms with Crippen LogP contribution in [0.5, 0.6) is 0 Å². The molecule has 0 aliphatic carbocycles. The second kappa shape index (κ2) is 9.54. The van der Waals surface area contributed by atoms with E-state index in [4.69, 9.17) is 0 Å². The molecule has 4 aromatic rings. The molecule has 0 aliphatic rings. The van der Waals surface area contributed by atoms with Crippen LogP contribution in [0.3, 0.4) is 0 Å². The first-order valence-electron chi connectivity index (χ1n) is 10.1. The molecule has 7 heteroatoms. The summed E-state index contributed by atoms with van der Waals surface area (Å²) in [5, 5.41) is 7.77. The van der Waals surface area contributed by atoms with Gasteiger partial charge in [0.2, 0.25) is 0 Å². The van der Waals surface area contributed by atoms with Crippen molar-refractivity contribution in [3.8, 4) is 0 Å². The quantitative estimate of drug-likeness (QED) is 0.352. The summed E-state index contributed by atoms with van der Waals surface area (Å²) < 4.78 is 2.18. The molecular formula is C23H26N6S. The van der Waals surface area contributed by atoms with Crippen molar-refractivity contribution in [3.63, 3.8) is 0 Å². The van der Waals surface area contributed by atoms with Crippen LogP contribution < -0.4 is 10.6 Å². The Morgan fingerprint density at radius 2 is 1.77 bits per heavy atom. The Kier molecular flexibility index (Phi) is 6.39. The van der Waals surface area contributed by atoms with Gasteiger partial charge in [0.1, 0.15) is 5.01 Å². The molecule has 2 N–H and O–H groups in total. The smallest absolute Gasteiger partial charge is 0.191 e. The van der Waals surface area contributed by atoms with Crippen molar-refractivity contribution in [1.29, 1.82) is 0 Å². The summed E-state index contributed by atoms with van der Waals surface area (Å²) in [7, 11) is 1.78. The Morgan fingerprint density at radius 3 is 2.53 bits per heavy atom. The zero-order valence-electron chi connectivity index (χ0n) is 17.3. The molecular weight excluding hydrogens is 392 g/mol. The molecule has 2 aromatic carbocycles. The molecule has 6 nitrogen and oxygen atoms in total. The van der Waals surface area contributed by atoms with E-state index in [1.807, 2.05) is 30.7 Å². The molecule has 2 heterocycles. The van der Waals surface area contributed by atoms with Crippen molar-refractivity contribution >= 4 is 28.3 Å². The number of benzene rings is 2. The largest absolute Gasteiger partial charge is 0.352 e. The number of hydrogen-bond donors (Lipinski definition) is 2. The molecule has 0 spiro atoms. The number of nitrogens with zero attached hydrogens (tertiary/aromatic N) is 4. The maximum absolute atomic E-state index is 4.47. The van der Waals surface area contributed by atoms with Gasteiger partial charge in [0.05, 0.1) is 23.9 Å². The van der Waals surface area contributed by atoms with Crippen molar-refractivity contribution in [2.24, 2.45) is 4.99 Å². The van der Waals surface area contributed by atoms with E-state index in [1.165, 1.54) is 16.0 Å². The zero-order chi connectivity index (χ0) is 20.8. The zero-order valence-corrected chi connectivity index (χ0v) is 18.1. The van der Waals surface area contributed by atoms with Crippen LogP contribution in [0.1, 0.15) is 27.9 Å². The predicted molar refractivity (Wildman–Crippen MR) is 124 cm³/mol. The summed E-state index contributed by atoms with van der Waals surface area (Å²) in [6.45, 7) is 4.35. The van der Waals surface area contributed by atoms with E-state index in [1.54, 1.807) is 18.4 Å². The maximum Gasteiger partial charge on any atom is 0.191 e. The molecule has 0 saturated heterocycles. The van der Waals surface area contributed by atoms with Crippen LogP contribution in [0.4, 0.5) is 0 Å². The van der Waals surface area contributed by atoms with Crippen molar-refractivity contribution < 1.29 is 0 Å². The number of imidazole rings is 1. The number of hydrogen-bond acceptors (Lipinski definition) is 4. The van der Waals surface area contributed by atoms with E-state index in [0.717, 1.165) is 35.0 Å². The Labute approximate surface area is 180 Å². The topological polar surface area (TPSA) is 67.1 Å². The fourth-order valence-electron chi connectivity index (χ4n) is 3.25. The van der Waals surface area contributed by atoms with Crippen LogP contribution in [-0.4, -0.2) is 27.5 Å². The van der Waals surface area contributed by atoms with Gasteiger partial charge in [-0.2, -0.15) is 0 Å². The number of aryl methyl sites for hydroxylation is 1. The lowest BCUT2D eigenvalue weighted by molar-refractivity contribution is 0.801. The van der Waals surface area contributed by atoms with Gasteiger partial charge in [-0.05, 0) is 29.7 Å². The normalized spacial score (nSPS) is 11.7. The van der Waals surface area contributed by atoms with Crippen LogP contribution in [0.25, 0.3) is 11.0 Å². The molecule has 0 saturated carbocycles. The number of aliphatic imine (C=N–C) groups is 1. The van der Waals surface area contributed by atoms with E-state index in [2.05, 4.69) is 67.4 Å². The minimum absolute atomic E-state index is 0.683. The van der Waals surface area contributed by atoms with Crippen molar-refractivity contribution in [1.82, 2.24) is 25.2 Å². The van der Waals surface area contributed by atoms with E-state index in [0.29, 0.717) is 13.1 Å². The lowest BCUT2D eigenvalue weighted by Gasteiger charge is -2.11. The fourth-order valence-corrected chi connectivity index (χ4v) is 4.06. The van der Waals surface area contributed by atoms with Gasteiger partial charge in [0.15, 0.2) is 5.96 Å². The standard InChI is InChI=1S/C23H26N6S/c1-3-19-13-25-22(30-19)14-27-23(24-2)26-12-17-8-10-18(11-9-17)15-29-16-28-20-6-4-5-7-21(20)29/h4-11,13,16H,3,12,14-15H2,1-2H3,(H2,24,26,27). The number of fused-ring (bicyclic) bond motifs is 1. The van der Waals surface area contributed by atoms with Crippen molar-refractivity contribution in [2.75, 3.05) is 7.05 Å². The number of guanidine groups is 1. The van der Waals surface area contributed by atoms with Crippen LogP contribution >= 0.6 is 11.3 Å². The first-order chi connectivity index (χ1) is 14.7. The van der Waals surface area contributed by atoms with Gasteiger partial charge in [0.25, 0.3) is 0 Å². The van der Waals surface area contributed by atoms with Crippen LogP contribution in [0.2, 0.25) is 0 Å².